The molecule has 3 aromatic rings. The van der Waals surface area contributed by atoms with Crippen molar-refractivity contribution >= 4 is 23.6 Å². The highest BCUT2D eigenvalue weighted by molar-refractivity contribution is 6.30. The molecule has 1 aliphatic rings. The second kappa shape index (κ2) is 10.8. The van der Waals surface area contributed by atoms with E-state index in [1.54, 1.807) is 29.3 Å². The largest absolute Gasteiger partial charge is 0.394 e. The van der Waals surface area contributed by atoms with Crippen LogP contribution in [0.2, 0.25) is 5.02 Å². The highest BCUT2D eigenvalue weighted by Gasteiger charge is 2.25. The quantitative estimate of drug-likeness (QED) is 0.471. The Labute approximate surface area is 200 Å². The summed E-state index contributed by atoms with van der Waals surface area (Å²) in [5, 5.41) is 15.5. The number of amides is 2. The number of urea groups is 1. The summed E-state index contributed by atoms with van der Waals surface area (Å²) in [4.78, 5) is 23.3. The van der Waals surface area contributed by atoms with Crippen molar-refractivity contribution in [1.82, 2.24) is 20.2 Å². The number of fused-ring (bicyclic) bond motifs is 1. The number of halogens is 3. The van der Waals surface area contributed by atoms with Crippen LogP contribution in [0.4, 0.5) is 19.5 Å². The van der Waals surface area contributed by atoms with Crippen molar-refractivity contribution in [2.75, 3.05) is 25.0 Å². The van der Waals surface area contributed by atoms with Crippen LogP contribution in [0.5, 0.6) is 0 Å². The van der Waals surface area contributed by atoms with Gasteiger partial charge in [0, 0.05) is 19.3 Å². The number of aliphatic hydroxyl groups is 1. The minimum atomic E-state index is -0.729. The molecule has 0 saturated heterocycles. The molecule has 0 spiro atoms. The summed E-state index contributed by atoms with van der Waals surface area (Å²) >= 11 is 5.83. The van der Waals surface area contributed by atoms with Crippen LogP contribution >= 0.6 is 11.6 Å². The highest BCUT2D eigenvalue weighted by atomic mass is 35.5. The Bertz CT molecular complexity index is 1180. The van der Waals surface area contributed by atoms with Crippen molar-refractivity contribution in [2.24, 2.45) is 0 Å². The average molecular weight is 488 g/mol. The lowest BCUT2D eigenvalue weighted by atomic mass is 10.1. The van der Waals surface area contributed by atoms with Crippen LogP contribution in [-0.4, -0.2) is 45.7 Å². The molecule has 7 nitrogen and oxygen atoms in total. The fourth-order valence-corrected chi connectivity index (χ4v) is 3.96. The number of nitrogens with one attached hydrogen (secondary N) is 2. The number of aliphatic hydroxyl groups excluding tert-OH is 1. The van der Waals surface area contributed by atoms with Crippen molar-refractivity contribution in [2.45, 2.75) is 25.4 Å². The van der Waals surface area contributed by atoms with Gasteiger partial charge in [-0.3, -0.25) is 0 Å². The molecule has 0 saturated carbocycles. The molecule has 0 radical (unpaired) electrons. The number of anilines is 1. The van der Waals surface area contributed by atoms with Gasteiger partial charge in [0.2, 0.25) is 5.95 Å². The predicted octanol–water partition coefficient (Wildman–Crippen LogP) is 3.86. The summed E-state index contributed by atoms with van der Waals surface area (Å²) in [6, 6.07) is 9.55. The van der Waals surface area contributed by atoms with Crippen molar-refractivity contribution in [3.63, 3.8) is 0 Å². The van der Waals surface area contributed by atoms with Gasteiger partial charge < -0.3 is 20.6 Å². The normalized spacial score (nSPS) is 13.8. The van der Waals surface area contributed by atoms with Crippen LogP contribution in [0, 0.1) is 11.6 Å². The summed E-state index contributed by atoms with van der Waals surface area (Å²) in [6.07, 6.45) is 2.81. The zero-order chi connectivity index (χ0) is 24.1. The van der Waals surface area contributed by atoms with Crippen LogP contribution in [0.25, 0.3) is 0 Å². The molecule has 3 N–H and O–H groups in total. The first kappa shape index (κ1) is 23.8. The van der Waals surface area contributed by atoms with E-state index in [0.717, 1.165) is 11.3 Å². The SMILES string of the molecule is O=C(N[C@H](CO)c1ccc(F)c(Cl)c1)N1CCc2cnc(NCCc3ccccc3F)nc2C1. The third-order valence-electron chi connectivity index (χ3n) is 5.69. The number of rotatable bonds is 7. The predicted molar refractivity (Wildman–Crippen MR) is 125 cm³/mol. The third-order valence-corrected chi connectivity index (χ3v) is 5.98. The number of aromatic nitrogens is 2. The maximum absolute atomic E-state index is 13.8. The Hall–Kier alpha value is -3.30. The summed E-state index contributed by atoms with van der Waals surface area (Å²) in [5.74, 6) is -0.410. The maximum Gasteiger partial charge on any atom is 0.318 e. The molecule has 2 amide bonds. The molecule has 34 heavy (non-hydrogen) atoms. The Kier molecular flexibility index (Phi) is 7.54. The van der Waals surface area contributed by atoms with Crippen molar-refractivity contribution in [3.05, 3.63) is 87.7 Å². The minimum Gasteiger partial charge on any atom is -0.394 e. The molecular weight excluding hydrogens is 464 g/mol. The van der Waals surface area contributed by atoms with E-state index in [2.05, 4.69) is 20.6 Å². The van der Waals surface area contributed by atoms with Gasteiger partial charge in [0.25, 0.3) is 0 Å². The number of hydrogen-bond donors (Lipinski definition) is 3. The lowest BCUT2D eigenvalue weighted by Crippen LogP contribution is -2.45. The van der Waals surface area contributed by atoms with Crippen LogP contribution in [0.1, 0.15) is 28.4 Å². The lowest BCUT2D eigenvalue weighted by molar-refractivity contribution is 0.176. The van der Waals surface area contributed by atoms with E-state index in [-0.39, 0.29) is 30.0 Å². The maximum atomic E-state index is 13.8. The van der Waals surface area contributed by atoms with Crippen molar-refractivity contribution < 1.29 is 18.7 Å². The molecule has 0 fully saturated rings. The molecule has 10 heteroatoms. The molecule has 0 aliphatic carbocycles. The third kappa shape index (κ3) is 5.60. The Morgan fingerprint density at radius 1 is 1.21 bits per heavy atom. The van der Waals surface area contributed by atoms with Gasteiger partial charge in [0.1, 0.15) is 11.6 Å². The molecule has 4 rings (SSSR count). The van der Waals surface area contributed by atoms with Gasteiger partial charge in [-0.05, 0) is 47.7 Å². The van der Waals surface area contributed by atoms with E-state index >= 15 is 0 Å². The zero-order valence-electron chi connectivity index (χ0n) is 18.3. The second-order valence-electron chi connectivity index (χ2n) is 7.96. The molecule has 0 bridgehead atoms. The first-order valence-corrected chi connectivity index (χ1v) is 11.3. The van der Waals surface area contributed by atoms with Gasteiger partial charge in [-0.1, -0.05) is 35.9 Å². The number of carbonyl (C=O) groups excluding carboxylic acids is 1. The second-order valence-corrected chi connectivity index (χ2v) is 8.37. The Morgan fingerprint density at radius 3 is 2.79 bits per heavy atom. The van der Waals surface area contributed by atoms with Crippen LogP contribution in [0.3, 0.4) is 0 Å². The number of benzene rings is 2. The topological polar surface area (TPSA) is 90.4 Å². The number of hydrogen-bond acceptors (Lipinski definition) is 5. The highest BCUT2D eigenvalue weighted by Crippen LogP contribution is 2.22. The molecule has 2 aromatic carbocycles. The number of nitrogens with zero attached hydrogens (tertiary/aromatic N) is 3. The zero-order valence-corrected chi connectivity index (χ0v) is 19.0. The standard InChI is InChI=1S/C24H24ClF2N5O2/c25-18-11-16(5-6-20(18)27)22(14-33)31-24(34)32-10-8-17-12-29-23(30-21(17)13-32)28-9-7-15-3-1-2-4-19(15)26/h1-6,11-12,22,33H,7-10,13-14H2,(H,31,34)(H,28,29,30)/t22-/m1/s1. The van der Waals surface area contributed by atoms with Crippen LogP contribution in [0.15, 0.2) is 48.7 Å². The summed E-state index contributed by atoms with van der Waals surface area (Å²) in [5.41, 5.74) is 2.78. The van der Waals surface area contributed by atoms with Crippen LogP contribution in [-0.2, 0) is 19.4 Å². The number of carbonyl (C=O) groups is 1. The van der Waals surface area contributed by atoms with E-state index < -0.39 is 11.9 Å². The van der Waals surface area contributed by atoms with E-state index in [1.165, 1.54) is 24.3 Å². The smallest absolute Gasteiger partial charge is 0.318 e. The van der Waals surface area contributed by atoms with E-state index in [9.17, 15) is 18.7 Å². The lowest BCUT2D eigenvalue weighted by Gasteiger charge is -2.30. The van der Waals surface area contributed by atoms with Crippen molar-refractivity contribution in [1.29, 1.82) is 0 Å². The summed E-state index contributed by atoms with van der Waals surface area (Å²) in [6.45, 7) is 0.831. The van der Waals surface area contributed by atoms with E-state index in [1.807, 2.05) is 0 Å². The fourth-order valence-electron chi connectivity index (χ4n) is 3.78. The summed E-state index contributed by atoms with van der Waals surface area (Å²) in [7, 11) is 0. The van der Waals surface area contributed by atoms with E-state index in [0.29, 0.717) is 43.0 Å². The van der Waals surface area contributed by atoms with Gasteiger partial charge in [0.15, 0.2) is 0 Å². The van der Waals surface area contributed by atoms with Gasteiger partial charge in [-0.2, -0.15) is 0 Å². The Morgan fingerprint density at radius 2 is 2.03 bits per heavy atom. The van der Waals surface area contributed by atoms with Crippen molar-refractivity contribution in [3.8, 4) is 0 Å². The minimum absolute atomic E-state index is 0.0798. The monoisotopic (exact) mass is 487 g/mol. The Balaban J connectivity index is 1.37. The molecule has 1 aromatic heterocycles. The van der Waals surface area contributed by atoms with Gasteiger partial charge >= 0.3 is 6.03 Å². The summed E-state index contributed by atoms with van der Waals surface area (Å²) < 4.78 is 27.2. The van der Waals surface area contributed by atoms with Crippen LogP contribution < -0.4 is 10.6 Å². The molecule has 1 aliphatic heterocycles. The molecule has 2 heterocycles. The van der Waals surface area contributed by atoms with E-state index in [4.69, 9.17) is 11.6 Å². The van der Waals surface area contributed by atoms with Gasteiger partial charge in [-0.15, -0.1) is 0 Å². The van der Waals surface area contributed by atoms with Gasteiger partial charge in [0.05, 0.1) is 29.9 Å². The molecule has 1 atom stereocenters. The first-order chi connectivity index (χ1) is 16.4. The fraction of sp³-hybridized carbons (Fsp3) is 0.292. The molecular formula is C24H24ClF2N5O2. The first-order valence-electron chi connectivity index (χ1n) is 10.9. The molecule has 178 valence electrons. The molecule has 0 unspecified atom stereocenters. The average Bonchev–Trinajstić information content (AvgIpc) is 2.85. The van der Waals surface area contributed by atoms with Gasteiger partial charge in [-0.25, -0.2) is 23.5 Å².